The average Bonchev–Trinajstić information content (AvgIpc) is 2.44. The summed E-state index contributed by atoms with van der Waals surface area (Å²) in [5.74, 6) is 0. The molecule has 0 aliphatic carbocycles. The average molecular weight is 280 g/mol. The van der Waals surface area contributed by atoms with E-state index in [4.69, 9.17) is 16.7 Å². The molecule has 6 heteroatoms. The van der Waals surface area contributed by atoms with E-state index in [2.05, 4.69) is 15.5 Å². The summed E-state index contributed by atoms with van der Waals surface area (Å²) in [4.78, 5) is 11.2. The van der Waals surface area contributed by atoms with Crippen LogP contribution in [0.4, 0.5) is 5.69 Å². The van der Waals surface area contributed by atoms with Gasteiger partial charge in [0.05, 0.1) is 18.5 Å². The number of aromatic nitrogens is 2. The number of aliphatic hydroxyl groups excluding tert-OH is 1. The van der Waals surface area contributed by atoms with E-state index in [9.17, 15) is 4.79 Å². The molecule has 1 heterocycles. The first-order valence-corrected chi connectivity index (χ1v) is 6.24. The summed E-state index contributed by atoms with van der Waals surface area (Å²) in [6.07, 6.45) is 2.27. The number of hydrogen-bond acceptors (Lipinski definition) is 4. The second-order valence-electron chi connectivity index (χ2n) is 4.08. The van der Waals surface area contributed by atoms with Gasteiger partial charge in [-0.05, 0) is 17.5 Å². The van der Waals surface area contributed by atoms with Crippen LogP contribution in [0.3, 0.4) is 0 Å². The number of aliphatic hydroxyl groups is 1. The van der Waals surface area contributed by atoms with E-state index in [-0.39, 0.29) is 11.6 Å². The lowest BCUT2D eigenvalue weighted by molar-refractivity contribution is 0.282. The number of halogens is 1. The molecule has 0 bridgehead atoms. The summed E-state index contributed by atoms with van der Waals surface area (Å²) in [6.45, 7) is 0.690. The first-order chi connectivity index (χ1) is 9.20. The second-order valence-corrected chi connectivity index (χ2v) is 4.46. The van der Waals surface area contributed by atoms with E-state index in [0.29, 0.717) is 12.2 Å². The third-order valence-electron chi connectivity index (χ3n) is 2.73. The van der Waals surface area contributed by atoms with Crippen molar-refractivity contribution in [3.8, 4) is 0 Å². The molecule has 3 N–H and O–H groups in total. The molecule has 2 aromatic rings. The van der Waals surface area contributed by atoms with Crippen LogP contribution in [0.5, 0.6) is 0 Å². The van der Waals surface area contributed by atoms with Gasteiger partial charge in [0.2, 0.25) is 0 Å². The van der Waals surface area contributed by atoms with Crippen LogP contribution in [0.2, 0.25) is 5.02 Å². The molecule has 100 valence electrons. The maximum atomic E-state index is 11.2. The van der Waals surface area contributed by atoms with Crippen molar-refractivity contribution < 1.29 is 5.11 Å². The van der Waals surface area contributed by atoms with Crippen molar-refractivity contribution in [1.82, 2.24) is 10.2 Å². The van der Waals surface area contributed by atoms with Gasteiger partial charge in [-0.2, -0.15) is 5.10 Å². The van der Waals surface area contributed by atoms with E-state index in [1.54, 1.807) is 0 Å². The van der Waals surface area contributed by atoms with Crippen LogP contribution in [-0.4, -0.2) is 21.8 Å². The minimum atomic E-state index is -0.404. The number of aromatic amines is 1. The Hall–Kier alpha value is -1.85. The monoisotopic (exact) mass is 279 g/mol. The molecular weight excluding hydrogens is 266 g/mol. The van der Waals surface area contributed by atoms with E-state index in [1.165, 1.54) is 6.20 Å². The number of nitrogens with zero attached hydrogens (tertiary/aromatic N) is 1. The lowest BCUT2D eigenvalue weighted by Gasteiger charge is -2.07. The molecule has 0 aliphatic rings. The Morgan fingerprint density at radius 3 is 2.63 bits per heavy atom. The number of H-pyrrole nitrogens is 1. The van der Waals surface area contributed by atoms with Crippen LogP contribution < -0.4 is 10.9 Å². The molecule has 0 spiro atoms. The molecule has 0 atom stereocenters. The van der Waals surface area contributed by atoms with Gasteiger partial charge in [0, 0.05) is 6.54 Å². The summed E-state index contributed by atoms with van der Waals surface area (Å²) in [5, 5.41) is 18.1. The third-order valence-corrected chi connectivity index (χ3v) is 3.11. The minimum Gasteiger partial charge on any atom is -0.392 e. The van der Waals surface area contributed by atoms with Crippen LogP contribution >= 0.6 is 11.6 Å². The van der Waals surface area contributed by atoms with Crippen molar-refractivity contribution in [2.24, 2.45) is 0 Å². The predicted octanol–water partition coefficient (Wildman–Crippen LogP) is 1.57. The Balaban J connectivity index is 1.92. The normalized spacial score (nSPS) is 10.4. The molecule has 5 nitrogen and oxygen atoms in total. The van der Waals surface area contributed by atoms with Crippen molar-refractivity contribution in [2.75, 3.05) is 11.9 Å². The molecule has 19 heavy (non-hydrogen) atoms. The van der Waals surface area contributed by atoms with E-state index in [0.717, 1.165) is 17.5 Å². The van der Waals surface area contributed by atoms with Gasteiger partial charge in [0.25, 0.3) is 5.56 Å². The van der Waals surface area contributed by atoms with E-state index < -0.39 is 5.56 Å². The van der Waals surface area contributed by atoms with Crippen molar-refractivity contribution in [3.63, 3.8) is 0 Å². The predicted molar refractivity (Wildman–Crippen MR) is 74.4 cm³/mol. The zero-order valence-electron chi connectivity index (χ0n) is 10.2. The highest BCUT2D eigenvalue weighted by atomic mass is 35.5. The lowest BCUT2D eigenvalue weighted by atomic mass is 10.1. The highest BCUT2D eigenvalue weighted by molar-refractivity contribution is 6.32. The number of rotatable bonds is 5. The van der Waals surface area contributed by atoms with Gasteiger partial charge in [-0.15, -0.1) is 0 Å². The van der Waals surface area contributed by atoms with E-state index in [1.807, 2.05) is 24.3 Å². The molecule has 0 aliphatic heterocycles. The topological polar surface area (TPSA) is 78.0 Å². The molecule has 0 saturated heterocycles. The Labute approximate surface area is 115 Å². The van der Waals surface area contributed by atoms with Gasteiger partial charge in [0.1, 0.15) is 5.02 Å². The smallest absolute Gasteiger partial charge is 0.285 e. The van der Waals surface area contributed by atoms with Crippen LogP contribution in [0.15, 0.2) is 35.3 Å². The molecule has 0 amide bonds. The highest BCUT2D eigenvalue weighted by Crippen LogP contribution is 2.14. The summed E-state index contributed by atoms with van der Waals surface area (Å²) in [7, 11) is 0. The maximum absolute atomic E-state index is 11.2. The molecular formula is C13H14ClN3O2. The Kier molecular flexibility index (Phi) is 4.54. The van der Waals surface area contributed by atoms with Gasteiger partial charge < -0.3 is 10.4 Å². The van der Waals surface area contributed by atoms with Crippen molar-refractivity contribution >= 4 is 17.3 Å². The van der Waals surface area contributed by atoms with Crippen molar-refractivity contribution in [2.45, 2.75) is 13.0 Å². The van der Waals surface area contributed by atoms with Gasteiger partial charge in [-0.3, -0.25) is 4.79 Å². The number of hydrogen-bond donors (Lipinski definition) is 3. The highest BCUT2D eigenvalue weighted by Gasteiger charge is 2.03. The number of anilines is 1. The summed E-state index contributed by atoms with van der Waals surface area (Å²) < 4.78 is 0. The van der Waals surface area contributed by atoms with Crippen molar-refractivity contribution in [3.05, 3.63) is 57.0 Å². The number of benzene rings is 1. The molecule has 1 aromatic carbocycles. The molecule has 1 aromatic heterocycles. The first kappa shape index (κ1) is 13.6. The standard InChI is InChI=1S/C13H14ClN3O2/c14-12-11(7-16-17-13(12)19)15-6-5-9-1-3-10(8-18)4-2-9/h1-4,7,18H,5-6,8H2,(H2,15,17,19). The third kappa shape index (κ3) is 3.56. The van der Waals surface area contributed by atoms with Crippen LogP contribution in [-0.2, 0) is 13.0 Å². The van der Waals surface area contributed by atoms with Gasteiger partial charge in [0.15, 0.2) is 0 Å². The maximum Gasteiger partial charge on any atom is 0.285 e. The Morgan fingerprint density at radius 2 is 1.95 bits per heavy atom. The summed E-state index contributed by atoms with van der Waals surface area (Å²) >= 11 is 5.84. The zero-order chi connectivity index (χ0) is 13.7. The fourth-order valence-electron chi connectivity index (χ4n) is 1.66. The molecule has 0 saturated carbocycles. The van der Waals surface area contributed by atoms with Crippen LogP contribution in [0, 0.1) is 0 Å². The molecule has 0 unspecified atom stereocenters. The van der Waals surface area contributed by atoms with Gasteiger partial charge in [-0.25, -0.2) is 5.10 Å². The second kappa shape index (κ2) is 6.36. The first-order valence-electron chi connectivity index (χ1n) is 5.86. The fourth-order valence-corrected chi connectivity index (χ4v) is 1.82. The van der Waals surface area contributed by atoms with Gasteiger partial charge >= 0.3 is 0 Å². The largest absolute Gasteiger partial charge is 0.392 e. The SMILES string of the molecule is O=c1[nH]ncc(NCCc2ccc(CO)cc2)c1Cl. The van der Waals surface area contributed by atoms with Gasteiger partial charge in [-0.1, -0.05) is 35.9 Å². The summed E-state index contributed by atoms with van der Waals surface area (Å²) in [5.41, 5.74) is 2.15. The lowest BCUT2D eigenvalue weighted by Crippen LogP contribution is -2.13. The Morgan fingerprint density at radius 1 is 1.26 bits per heavy atom. The quantitative estimate of drug-likeness (QED) is 0.776. The Bertz CT molecular complexity index is 596. The van der Waals surface area contributed by atoms with Crippen molar-refractivity contribution in [1.29, 1.82) is 0 Å². The minimum absolute atomic E-state index is 0.0482. The van der Waals surface area contributed by atoms with Crippen LogP contribution in [0.25, 0.3) is 0 Å². The van der Waals surface area contributed by atoms with Crippen LogP contribution in [0.1, 0.15) is 11.1 Å². The summed E-state index contributed by atoms with van der Waals surface area (Å²) in [6, 6.07) is 7.70. The fraction of sp³-hybridized carbons (Fsp3) is 0.231. The number of nitrogens with one attached hydrogen (secondary N) is 2. The van der Waals surface area contributed by atoms with E-state index >= 15 is 0 Å². The zero-order valence-corrected chi connectivity index (χ0v) is 10.9. The molecule has 0 fully saturated rings. The molecule has 2 rings (SSSR count). The molecule has 0 radical (unpaired) electrons.